The number of anilines is 1. The van der Waals surface area contributed by atoms with Crippen molar-refractivity contribution in [3.05, 3.63) is 35.9 Å². The summed E-state index contributed by atoms with van der Waals surface area (Å²) in [6.07, 6.45) is 5.32. The van der Waals surface area contributed by atoms with Crippen LogP contribution in [0.4, 0.5) is 14.9 Å². The zero-order valence-electron chi connectivity index (χ0n) is 18.1. The highest BCUT2D eigenvalue weighted by atomic mass is 32.2. The number of benzene rings is 1. The third kappa shape index (κ3) is 6.33. The van der Waals surface area contributed by atoms with Crippen LogP contribution >= 0.6 is 0 Å². The van der Waals surface area contributed by atoms with Crippen molar-refractivity contribution in [2.75, 3.05) is 30.8 Å². The fraction of sp³-hybridized carbons (Fsp3) is 0.571. The van der Waals surface area contributed by atoms with E-state index >= 15 is 0 Å². The van der Waals surface area contributed by atoms with Gasteiger partial charge in [-0.15, -0.1) is 0 Å². The van der Waals surface area contributed by atoms with Gasteiger partial charge < -0.3 is 14.5 Å². The lowest BCUT2D eigenvalue weighted by Gasteiger charge is -2.32. The molecule has 1 N–H and O–H groups in total. The Balaban J connectivity index is 1.55. The molecule has 31 heavy (non-hydrogen) atoms. The van der Waals surface area contributed by atoms with Crippen molar-refractivity contribution in [2.24, 2.45) is 0 Å². The summed E-state index contributed by atoms with van der Waals surface area (Å²) in [5.74, 6) is -0.581. The number of rotatable bonds is 6. The molecule has 172 valence electrons. The van der Waals surface area contributed by atoms with Crippen molar-refractivity contribution in [3.8, 4) is 0 Å². The molecule has 0 unspecified atom stereocenters. The average molecular weight is 456 g/mol. The van der Waals surface area contributed by atoms with Gasteiger partial charge in [-0.1, -0.05) is 0 Å². The fourth-order valence-corrected chi connectivity index (χ4v) is 4.20. The molecular weight excluding hydrogens is 425 g/mol. The molecule has 0 radical (unpaired) electrons. The number of piperidine rings is 1. The molecule has 0 bridgehead atoms. The van der Waals surface area contributed by atoms with Crippen molar-refractivity contribution in [1.29, 1.82) is 0 Å². The van der Waals surface area contributed by atoms with Crippen molar-refractivity contribution in [1.82, 2.24) is 10.4 Å². The van der Waals surface area contributed by atoms with E-state index in [2.05, 4.69) is 5.48 Å². The van der Waals surface area contributed by atoms with Gasteiger partial charge in [-0.2, -0.15) is 0 Å². The van der Waals surface area contributed by atoms with Crippen molar-refractivity contribution < 1.29 is 27.2 Å². The summed E-state index contributed by atoms with van der Waals surface area (Å²) in [7, 11) is -3.46. The van der Waals surface area contributed by atoms with Crippen molar-refractivity contribution in [2.45, 2.75) is 56.6 Å². The Labute approximate surface area is 182 Å². The minimum absolute atomic E-state index is 0.0369. The monoisotopic (exact) mass is 455 g/mol. The van der Waals surface area contributed by atoms with Gasteiger partial charge in [0.15, 0.2) is 9.84 Å². The van der Waals surface area contributed by atoms with Gasteiger partial charge >= 0.3 is 6.09 Å². The minimum atomic E-state index is -3.46. The summed E-state index contributed by atoms with van der Waals surface area (Å²) >= 11 is 0. The standard InChI is InChI=1S/C21H30FN3O5S/c1-15(2)29-21(26)24-11-8-17(9-12-24)30-23-16-5-4-10-25(14-16)20-7-6-18(13-19(20)22)31(3,27)28/h6-7,13-15,17,23H,4-5,8-12H2,1-3H3. The first-order valence-corrected chi connectivity index (χ1v) is 12.4. The first-order chi connectivity index (χ1) is 14.6. The number of allylic oxidation sites excluding steroid dienone is 1. The van der Waals surface area contributed by atoms with Crippen LogP contribution in [-0.4, -0.2) is 57.5 Å². The first-order valence-electron chi connectivity index (χ1n) is 10.5. The van der Waals surface area contributed by atoms with E-state index in [0.29, 0.717) is 38.2 Å². The Bertz CT molecular complexity index is 927. The number of hydrogen-bond acceptors (Lipinski definition) is 7. The quantitative estimate of drug-likeness (QED) is 0.659. The Morgan fingerprint density at radius 3 is 2.55 bits per heavy atom. The molecular formula is C21H30FN3O5S. The van der Waals surface area contributed by atoms with Crippen LogP contribution in [0.2, 0.25) is 0 Å². The minimum Gasteiger partial charge on any atom is -0.447 e. The van der Waals surface area contributed by atoms with Crippen LogP contribution in [0, 0.1) is 5.82 Å². The van der Waals surface area contributed by atoms with Gasteiger partial charge in [0, 0.05) is 32.1 Å². The average Bonchev–Trinajstić information content (AvgIpc) is 2.71. The summed E-state index contributed by atoms with van der Waals surface area (Å²) in [5, 5.41) is 0. The smallest absolute Gasteiger partial charge is 0.410 e. The van der Waals surface area contributed by atoms with E-state index in [1.807, 2.05) is 13.8 Å². The number of nitrogens with one attached hydrogen (secondary N) is 1. The van der Waals surface area contributed by atoms with Crippen LogP contribution in [0.25, 0.3) is 0 Å². The molecule has 2 heterocycles. The summed E-state index contributed by atoms with van der Waals surface area (Å²) in [5.41, 5.74) is 4.13. The summed E-state index contributed by atoms with van der Waals surface area (Å²) in [6.45, 7) is 5.41. The number of carbonyl (C=O) groups is 1. The van der Waals surface area contributed by atoms with E-state index in [4.69, 9.17) is 9.57 Å². The predicted molar refractivity (Wildman–Crippen MR) is 115 cm³/mol. The number of amides is 1. The molecule has 3 rings (SSSR count). The SMILES string of the molecule is CC(C)OC(=O)N1CCC(ONC2=CN(c3ccc(S(C)(=O)=O)cc3F)CCC2)CC1. The number of carbonyl (C=O) groups excluding carboxylic acids is 1. The predicted octanol–water partition coefficient (Wildman–Crippen LogP) is 3.20. The molecule has 2 aliphatic heterocycles. The maximum Gasteiger partial charge on any atom is 0.410 e. The third-order valence-corrected chi connectivity index (χ3v) is 6.32. The van der Waals surface area contributed by atoms with Crippen molar-refractivity contribution >= 4 is 21.6 Å². The van der Waals surface area contributed by atoms with Crippen LogP contribution in [0.3, 0.4) is 0 Å². The van der Waals surface area contributed by atoms with Crippen LogP contribution in [-0.2, 0) is 19.4 Å². The van der Waals surface area contributed by atoms with Gasteiger partial charge in [-0.25, -0.2) is 17.6 Å². The molecule has 1 aromatic rings. The van der Waals surface area contributed by atoms with Crippen molar-refractivity contribution in [3.63, 3.8) is 0 Å². The fourth-order valence-electron chi connectivity index (χ4n) is 3.57. The zero-order chi connectivity index (χ0) is 22.6. The maximum atomic E-state index is 14.5. The lowest BCUT2D eigenvalue weighted by molar-refractivity contribution is -0.0418. The Morgan fingerprint density at radius 2 is 1.94 bits per heavy atom. The van der Waals surface area contributed by atoms with Crippen LogP contribution in [0.5, 0.6) is 0 Å². The molecule has 1 amide bonds. The second kappa shape index (κ2) is 9.86. The van der Waals surface area contributed by atoms with Gasteiger partial charge in [0.25, 0.3) is 0 Å². The molecule has 8 nitrogen and oxygen atoms in total. The highest BCUT2D eigenvalue weighted by molar-refractivity contribution is 7.90. The molecule has 0 aliphatic carbocycles. The van der Waals surface area contributed by atoms with Crippen LogP contribution in [0.1, 0.15) is 39.5 Å². The molecule has 0 saturated carbocycles. The normalized spacial score (nSPS) is 18.2. The van der Waals surface area contributed by atoms with Gasteiger partial charge in [0.1, 0.15) is 5.82 Å². The van der Waals surface area contributed by atoms with E-state index in [1.54, 1.807) is 16.0 Å². The maximum absolute atomic E-state index is 14.5. The summed E-state index contributed by atoms with van der Waals surface area (Å²) < 4.78 is 43.0. The number of ether oxygens (including phenoxy) is 1. The molecule has 2 aliphatic rings. The highest BCUT2D eigenvalue weighted by Gasteiger charge is 2.25. The van der Waals surface area contributed by atoms with Crippen LogP contribution < -0.4 is 10.4 Å². The number of likely N-dealkylation sites (tertiary alicyclic amines) is 1. The Hall–Kier alpha value is -2.33. The third-order valence-electron chi connectivity index (χ3n) is 5.21. The van der Waals surface area contributed by atoms with Crippen LogP contribution in [0.15, 0.2) is 35.0 Å². The lowest BCUT2D eigenvalue weighted by atomic mass is 10.1. The zero-order valence-corrected chi connectivity index (χ0v) is 19.0. The number of nitrogens with zero attached hydrogens (tertiary/aromatic N) is 2. The Kier molecular flexibility index (Phi) is 7.42. The molecule has 0 aromatic heterocycles. The van der Waals surface area contributed by atoms with Gasteiger partial charge in [-0.05, 0) is 57.7 Å². The molecule has 0 spiro atoms. The molecule has 1 fully saturated rings. The summed E-state index contributed by atoms with van der Waals surface area (Å²) in [6, 6.07) is 3.95. The lowest BCUT2D eigenvalue weighted by Crippen LogP contribution is -2.43. The number of halogens is 1. The highest BCUT2D eigenvalue weighted by Crippen LogP contribution is 2.26. The molecule has 1 saturated heterocycles. The largest absolute Gasteiger partial charge is 0.447 e. The molecule has 10 heteroatoms. The molecule has 0 atom stereocenters. The second-order valence-corrected chi connectivity index (χ2v) is 10.2. The second-order valence-electron chi connectivity index (χ2n) is 8.18. The number of hydroxylamine groups is 1. The van der Waals surface area contributed by atoms with Gasteiger partial charge in [-0.3, -0.25) is 10.3 Å². The van der Waals surface area contributed by atoms with E-state index in [9.17, 15) is 17.6 Å². The first kappa shape index (κ1) is 23.3. The van der Waals surface area contributed by atoms with E-state index in [0.717, 1.165) is 30.9 Å². The van der Waals surface area contributed by atoms with Gasteiger partial charge in [0.2, 0.25) is 0 Å². The summed E-state index contributed by atoms with van der Waals surface area (Å²) in [4.78, 5) is 21.2. The number of sulfone groups is 1. The molecule has 1 aromatic carbocycles. The number of hydrogen-bond donors (Lipinski definition) is 1. The topological polar surface area (TPSA) is 88.2 Å². The van der Waals surface area contributed by atoms with Gasteiger partial charge in [0.05, 0.1) is 28.5 Å². The van der Waals surface area contributed by atoms with E-state index < -0.39 is 15.7 Å². The Morgan fingerprint density at radius 1 is 1.23 bits per heavy atom. The van der Waals surface area contributed by atoms with E-state index in [-0.39, 0.29) is 23.2 Å². The van der Waals surface area contributed by atoms with E-state index in [1.165, 1.54) is 12.1 Å².